The van der Waals surface area contributed by atoms with E-state index in [-0.39, 0.29) is 11.3 Å². The van der Waals surface area contributed by atoms with Crippen LogP contribution in [-0.4, -0.2) is 17.3 Å². The van der Waals surface area contributed by atoms with Crippen LogP contribution >= 0.6 is 11.6 Å². The maximum Gasteiger partial charge on any atom is 0.238 e. The Hall–Kier alpha value is -0.240. The molecule has 1 fully saturated rings. The summed E-state index contributed by atoms with van der Waals surface area (Å²) in [6, 6.07) is 0.393. The van der Waals surface area contributed by atoms with E-state index in [2.05, 4.69) is 12.2 Å². The fourth-order valence-corrected chi connectivity index (χ4v) is 2.28. The van der Waals surface area contributed by atoms with Crippen LogP contribution in [0, 0.1) is 0 Å². The Balaban J connectivity index is 2.14. The second kappa shape index (κ2) is 7.10. The van der Waals surface area contributed by atoms with E-state index >= 15 is 0 Å². The first-order chi connectivity index (χ1) is 7.24. The van der Waals surface area contributed by atoms with Gasteiger partial charge in [-0.15, -0.1) is 11.6 Å². The highest BCUT2D eigenvalue weighted by Gasteiger charge is 2.21. The van der Waals surface area contributed by atoms with E-state index in [1.54, 1.807) is 0 Å². The Morgan fingerprint density at radius 3 is 2.67 bits per heavy atom. The number of hydrogen-bond donors (Lipinski definition) is 1. The number of hydrogen-bond acceptors (Lipinski definition) is 1. The van der Waals surface area contributed by atoms with E-state index in [1.807, 2.05) is 0 Å². The lowest BCUT2D eigenvalue weighted by Gasteiger charge is -2.15. The number of carbonyl (C=O) groups excluding carboxylic acids is 1. The smallest absolute Gasteiger partial charge is 0.238 e. The van der Waals surface area contributed by atoms with Crippen molar-refractivity contribution in [3.8, 4) is 0 Å². The summed E-state index contributed by atoms with van der Waals surface area (Å²) in [6.45, 7) is 2.15. The zero-order valence-electron chi connectivity index (χ0n) is 9.60. The molecule has 1 N–H and O–H groups in total. The summed E-state index contributed by atoms with van der Waals surface area (Å²) in [5.41, 5.74) is 0. The molecule has 0 aromatic carbocycles. The molecule has 0 saturated heterocycles. The minimum atomic E-state index is -0.322. The number of unbranched alkanes of at least 4 members (excludes halogenated alkanes) is 2. The van der Waals surface area contributed by atoms with E-state index in [1.165, 1.54) is 25.7 Å². The molecular weight excluding hydrogens is 210 g/mol. The molecule has 15 heavy (non-hydrogen) atoms. The summed E-state index contributed by atoms with van der Waals surface area (Å²) in [6.07, 6.45) is 8.96. The van der Waals surface area contributed by atoms with Crippen LogP contribution < -0.4 is 5.32 Å². The molecule has 1 aliphatic rings. The molecule has 3 heteroatoms. The Morgan fingerprint density at radius 1 is 1.40 bits per heavy atom. The number of nitrogens with one attached hydrogen (secondary N) is 1. The van der Waals surface area contributed by atoms with Gasteiger partial charge in [-0.2, -0.15) is 0 Å². The lowest BCUT2D eigenvalue weighted by Crippen LogP contribution is -2.37. The number of carbonyl (C=O) groups is 1. The van der Waals surface area contributed by atoms with Crippen LogP contribution in [0.25, 0.3) is 0 Å². The van der Waals surface area contributed by atoms with E-state index in [0.717, 1.165) is 25.7 Å². The van der Waals surface area contributed by atoms with Gasteiger partial charge in [0, 0.05) is 6.04 Å². The van der Waals surface area contributed by atoms with Gasteiger partial charge in [-0.1, -0.05) is 39.0 Å². The van der Waals surface area contributed by atoms with Gasteiger partial charge < -0.3 is 5.32 Å². The highest BCUT2D eigenvalue weighted by atomic mass is 35.5. The molecule has 0 aromatic rings. The molecule has 1 unspecified atom stereocenters. The fraction of sp³-hybridized carbons (Fsp3) is 0.917. The summed E-state index contributed by atoms with van der Waals surface area (Å²) < 4.78 is 0. The van der Waals surface area contributed by atoms with Crippen molar-refractivity contribution >= 4 is 17.5 Å². The maximum absolute atomic E-state index is 11.7. The quantitative estimate of drug-likeness (QED) is 0.552. The standard InChI is InChI=1S/C12H22ClNO/c1-2-3-4-9-11(13)12(15)14-10-7-5-6-8-10/h10-11H,2-9H2,1H3,(H,14,15). The van der Waals surface area contributed by atoms with Crippen LogP contribution in [0.15, 0.2) is 0 Å². The Labute approximate surface area is 97.8 Å². The average molecular weight is 232 g/mol. The normalized spacial score (nSPS) is 19.1. The van der Waals surface area contributed by atoms with Crippen LogP contribution in [-0.2, 0) is 4.79 Å². The monoisotopic (exact) mass is 231 g/mol. The third-order valence-electron chi connectivity index (χ3n) is 3.05. The van der Waals surface area contributed by atoms with Crippen molar-refractivity contribution in [2.45, 2.75) is 69.7 Å². The summed E-state index contributed by atoms with van der Waals surface area (Å²) in [5, 5.41) is 2.71. The summed E-state index contributed by atoms with van der Waals surface area (Å²) in [4.78, 5) is 11.7. The van der Waals surface area contributed by atoms with Crippen molar-refractivity contribution < 1.29 is 4.79 Å². The van der Waals surface area contributed by atoms with Gasteiger partial charge >= 0.3 is 0 Å². The molecule has 1 amide bonds. The largest absolute Gasteiger partial charge is 0.352 e. The van der Waals surface area contributed by atoms with E-state index in [4.69, 9.17) is 11.6 Å². The van der Waals surface area contributed by atoms with Crippen LogP contribution in [0.4, 0.5) is 0 Å². The summed E-state index contributed by atoms with van der Waals surface area (Å²) in [7, 11) is 0. The van der Waals surface area contributed by atoms with Gasteiger partial charge in [0.25, 0.3) is 0 Å². The van der Waals surface area contributed by atoms with Crippen LogP contribution in [0.3, 0.4) is 0 Å². The zero-order chi connectivity index (χ0) is 11.1. The minimum absolute atomic E-state index is 0.0414. The van der Waals surface area contributed by atoms with Gasteiger partial charge in [0.2, 0.25) is 5.91 Å². The van der Waals surface area contributed by atoms with Crippen LogP contribution in [0.5, 0.6) is 0 Å². The van der Waals surface area contributed by atoms with Crippen molar-refractivity contribution in [1.82, 2.24) is 5.32 Å². The zero-order valence-corrected chi connectivity index (χ0v) is 10.4. The average Bonchev–Trinajstić information content (AvgIpc) is 2.70. The molecule has 0 aliphatic heterocycles. The topological polar surface area (TPSA) is 29.1 Å². The second-order valence-corrected chi connectivity index (χ2v) is 4.98. The highest BCUT2D eigenvalue weighted by Crippen LogP contribution is 2.18. The highest BCUT2D eigenvalue weighted by molar-refractivity contribution is 6.30. The van der Waals surface area contributed by atoms with Crippen molar-refractivity contribution in [3.05, 3.63) is 0 Å². The molecule has 2 nitrogen and oxygen atoms in total. The molecule has 0 radical (unpaired) electrons. The lowest BCUT2D eigenvalue weighted by molar-refractivity contribution is -0.121. The van der Waals surface area contributed by atoms with Gasteiger partial charge in [-0.05, 0) is 19.3 Å². The number of halogens is 1. The van der Waals surface area contributed by atoms with Crippen molar-refractivity contribution in [1.29, 1.82) is 0 Å². The number of alkyl halides is 1. The lowest BCUT2D eigenvalue weighted by atomic mass is 10.1. The van der Waals surface area contributed by atoms with Crippen molar-refractivity contribution in [3.63, 3.8) is 0 Å². The van der Waals surface area contributed by atoms with Gasteiger partial charge in [0.1, 0.15) is 5.38 Å². The Bertz CT molecular complexity index is 190. The van der Waals surface area contributed by atoms with Gasteiger partial charge in [-0.3, -0.25) is 4.79 Å². The molecule has 0 heterocycles. The molecule has 1 atom stereocenters. The predicted octanol–water partition coefficient (Wildman–Crippen LogP) is 3.23. The molecule has 0 aromatic heterocycles. The van der Waals surface area contributed by atoms with Gasteiger partial charge in [0.05, 0.1) is 0 Å². The Morgan fingerprint density at radius 2 is 2.07 bits per heavy atom. The van der Waals surface area contributed by atoms with Gasteiger partial charge in [-0.25, -0.2) is 0 Å². The Kier molecular flexibility index (Phi) is 6.07. The molecular formula is C12H22ClNO. The third kappa shape index (κ3) is 4.87. The molecule has 0 bridgehead atoms. The summed E-state index contributed by atoms with van der Waals surface area (Å²) >= 11 is 6.03. The van der Waals surface area contributed by atoms with Crippen LogP contribution in [0.1, 0.15) is 58.3 Å². The summed E-state index contributed by atoms with van der Waals surface area (Å²) in [5.74, 6) is 0.0414. The van der Waals surface area contributed by atoms with Crippen LogP contribution in [0.2, 0.25) is 0 Å². The molecule has 1 aliphatic carbocycles. The van der Waals surface area contributed by atoms with E-state index < -0.39 is 0 Å². The first-order valence-corrected chi connectivity index (χ1v) is 6.62. The second-order valence-electron chi connectivity index (χ2n) is 4.45. The number of amides is 1. The first-order valence-electron chi connectivity index (χ1n) is 6.18. The minimum Gasteiger partial charge on any atom is -0.352 e. The van der Waals surface area contributed by atoms with E-state index in [9.17, 15) is 4.79 Å². The fourth-order valence-electron chi connectivity index (χ4n) is 2.07. The third-order valence-corrected chi connectivity index (χ3v) is 3.46. The number of rotatable bonds is 6. The van der Waals surface area contributed by atoms with Crippen molar-refractivity contribution in [2.75, 3.05) is 0 Å². The molecule has 1 rings (SSSR count). The van der Waals surface area contributed by atoms with Crippen molar-refractivity contribution in [2.24, 2.45) is 0 Å². The molecule has 0 spiro atoms. The first kappa shape index (κ1) is 12.8. The van der Waals surface area contributed by atoms with E-state index in [0.29, 0.717) is 6.04 Å². The maximum atomic E-state index is 11.7. The SMILES string of the molecule is CCCCCC(Cl)C(=O)NC1CCCC1. The molecule has 88 valence electrons. The molecule has 1 saturated carbocycles. The van der Waals surface area contributed by atoms with Gasteiger partial charge in [0.15, 0.2) is 0 Å². The predicted molar refractivity (Wildman–Crippen MR) is 64.2 cm³/mol.